The largest absolute Gasteiger partial charge is 0.493 e. The molecule has 0 saturated carbocycles. The normalized spacial score (nSPS) is 26.6. The Bertz CT molecular complexity index is 566. The number of hydrogen-bond donors (Lipinski definition) is 1. The van der Waals surface area contributed by atoms with Gasteiger partial charge in [0, 0.05) is 19.1 Å². The third-order valence-electron chi connectivity index (χ3n) is 5.55. The van der Waals surface area contributed by atoms with E-state index in [0.717, 1.165) is 43.9 Å². The van der Waals surface area contributed by atoms with Crippen LogP contribution in [0.25, 0.3) is 0 Å². The summed E-state index contributed by atoms with van der Waals surface area (Å²) in [4.78, 5) is 2.57. The molecule has 1 aromatic rings. The molecule has 0 amide bonds. The van der Waals surface area contributed by atoms with Crippen molar-refractivity contribution in [3.63, 3.8) is 0 Å². The molecule has 2 aliphatic rings. The van der Waals surface area contributed by atoms with Gasteiger partial charge in [0.1, 0.15) is 0 Å². The van der Waals surface area contributed by atoms with Gasteiger partial charge in [-0.3, -0.25) is 4.90 Å². The smallest absolute Gasteiger partial charge is 0.161 e. The van der Waals surface area contributed by atoms with Gasteiger partial charge < -0.3 is 14.6 Å². The lowest BCUT2D eigenvalue weighted by atomic mass is 9.80. The summed E-state index contributed by atoms with van der Waals surface area (Å²) in [6.45, 7) is 2.09. The third-order valence-corrected chi connectivity index (χ3v) is 6.31. The number of ether oxygens (including phenoxy) is 2. The van der Waals surface area contributed by atoms with Gasteiger partial charge in [0.15, 0.2) is 11.5 Å². The Balaban J connectivity index is 1.78. The Morgan fingerprint density at radius 1 is 1.21 bits per heavy atom. The first kappa shape index (κ1) is 18.3. The Morgan fingerprint density at radius 2 is 1.96 bits per heavy atom. The van der Waals surface area contributed by atoms with E-state index >= 15 is 0 Å². The topological polar surface area (TPSA) is 41.9 Å². The second-order valence-electron chi connectivity index (χ2n) is 6.91. The van der Waals surface area contributed by atoms with Crippen molar-refractivity contribution in [2.75, 3.05) is 31.7 Å². The first-order valence-electron chi connectivity index (χ1n) is 8.90. The molecule has 1 aromatic carbocycles. The van der Waals surface area contributed by atoms with Crippen molar-refractivity contribution >= 4 is 22.6 Å². The molecule has 0 radical (unpaired) electrons. The van der Waals surface area contributed by atoms with E-state index in [1.54, 1.807) is 14.2 Å². The van der Waals surface area contributed by atoms with Crippen molar-refractivity contribution in [2.24, 2.45) is 5.92 Å². The first-order valence-corrected chi connectivity index (χ1v) is 10.4. The molecule has 1 N–H and O–H groups in total. The molecule has 0 aliphatic carbocycles. The summed E-state index contributed by atoms with van der Waals surface area (Å²) in [5.41, 5.74) is 2.65. The molecule has 3 atom stereocenters. The van der Waals surface area contributed by atoms with Crippen molar-refractivity contribution < 1.29 is 14.6 Å². The number of rotatable bonds is 6. The first-order chi connectivity index (χ1) is 11.7. The van der Waals surface area contributed by atoms with Crippen LogP contribution in [0.5, 0.6) is 11.5 Å². The lowest BCUT2D eigenvalue weighted by Gasteiger charge is -2.46. The second-order valence-corrected chi connectivity index (χ2v) is 7.99. The number of nitrogens with zero attached hydrogens (tertiary/aromatic N) is 1. The van der Waals surface area contributed by atoms with E-state index in [2.05, 4.69) is 39.6 Å². The van der Waals surface area contributed by atoms with E-state index in [1.807, 2.05) is 0 Å². The number of fused-ring (bicyclic) bond motifs is 3. The SMILES string of the molecule is COc1cc2c(cc1OC)[C@H]1C[C@@H](O)[C@H](CCCCI)CN1CC2. The van der Waals surface area contributed by atoms with Crippen molar-refractivity contribution in [3.05, 3.63) is 23.3 Å². The highest BCUT2D eigenvalue weighted by Crippen LogP contribution is 2.43. The molecule has 3 rings (SSSR count). The Labute approximate surface area is 158 Å². The number of piperidine rings is 1. The minimum atomic E-state index is -0.195. The number of hydrogen-bond acceptors (Lipinski definition) is 4. The van der Waals surface area contributed by atoms with Gasteiger partial charge in [-0.05, 0) is 59.3 Å². The second kappa shape index (κ2) is 8.23. The van der Waals surface area contributed by atoms with E-state index in [-0.39, 0.29) is 6.10 Å². The average molecular weight is 445 g/mol. The minimum absolute atomic E-state index is 0.195. The van der Waals surface area contributed by atoms with Gasteiger partial charge in [-0.2, -0.15) is 0 Å². The average Bonchev–Trinajstić information content (AvgIpc) is 2.61. The number of aliphatic hydroxyl groups is 1. The zero-order valence-corrected chi connectivity index (χ0v) is 16.8. The zero-order valence-electron chi connectivity index (χ0n) is 14.6. The van der Waals surface area contributed by atoms with E-state index < -0.39 is 0 Å². The van der Waals surface area contributed by atoms with E-state index in [0.29, 0.717) is 12.0 Å². The van der Waals surface area contributed by atoms with E-state index in [1.165, 1.54) is 28.4 Å². The molecule has 2 aliphatic heterocycles. The third kappa shape index (κ3) is 3.68. The summed E-state index contributed by atoms with van der Waals surface area (Å²) in [6.07, 6.45) is 5.31. The minimum Gasteiger partial charge on any atom is -0.493 e. The summed E-state index contributed by atoms with van der Waals surface area (Å²) in [5, 5.41) is 10.7. The van der Waals surface area contributed by atoms with Crippen LogP contribution in [0.2, 0.25) is 0 Å². The summed E-state index contributed by atoms with van der Waals surface area (Å²) < 4.78 is 12.1. The molecule has 2 heterocycles. The highest BCUT2D eigenvalue weighted by molar-refractivity contribution is 14.1. The number of halogens is 1. The Hall–Kier alpha value is -0.530. The Kier molecular flexibility index (Phi) is 6.27. The van der Waals surface area contributed by atoms with Crippen LogP contribution in [0, 0.1) is 5.92 Å². The van der Waals surface area contributed by atoms with E-state index in [4.69, 9.17) is 9.47 Å². The molecular formula is C19H28INO3. The van der Waals surface area contributed by atoms with Gasteiger partial charge in [0.05, 0.1) is 20.3 Å². The van der Waals surface area contributed by atoms with Crippen LogP contribution >= 0.6 is 22.6 Å². The van der Waals surface area contributed by atoms with Crippen molar-refractivity contribution in [1.29, 1.82) is 0 Å². The van der Waals surface area contributed by atoms with E-state index in [9.17, 15) is 5.11 Å². The van der Waals surface area contributed by atoms with Gasteiger partial charge >= 0.3 is 0 Å². The number of aliphatic hydroxyl groups excluding tert-OH is 1. The molecule has 0 unspecified atom stereocenters. The summed E-state index contributed by atoms with van der Waals surface area (Å²) in [7, 11) is 3.37. The molecule has 5 heteroatoms. The molecule has 4 nitrogen and oxygen atoms in total. The molecule has 1 saturated heterocycles. The number of unbranched alkanes of at least 4 members (excludes halogenated alkanes) is 1. The van der Waals surface area contributed by atoms with Gasteiger partial charge in [0.2, 0.25) is 0 Å². The van der Waals surface area contributed by atoms with Gasteiger partial charge in [0.25, 0.3) is 0 Å². The summed E-state index contributed by atoms with van der Waals surface area (Å²) >= 11 is 2.43. The molecule has 1 fully saturated rings. The zero-order chi connectivity index (χ0) is 17.1. The number of methoxy groups -OCH3 is 2. The van der Waals surface area contributed by atoms with Crippen LogP contribution < -0.4 is 9.47 Å². The van der Waals surface area contributed by atoms with Crippen LogP contribution in [0.15, 0.2) is 12.1 Å². The van der Waals surface area contributed by atoms with Crippen LogP contribution in [-0.4, -0.2) is 47.8 Å². The van der Waals surface area contributed by atoms with Crippen LogP contribution in [0.3, 0.4) is 0 Å². The highest BCUT2D eigenvalue weighted by Gasteiger charge is 2.38. The van der Waals surface area contributed by atoms with Gasteiger partial charge in [-0.1, -0.05) is 29.0 Å². The fourth-order valence-corrected chi connectivity index (χ4v) is 4.74. The van der Waals surface area contributed by atoms with Crippen molar-refractivity contribution in [2.45, 2.75) is 44.2 Å². The summed E-state index contributed by atoms with van der Waals surface area (Å²) in [6, 6.07) is 4.54. The molecule has 24 heavy (non-hydrogen) atoms. The van der Waals surface area contributed by atoms with Gasteiger partial charge in [-0.25, -0.2) is 0 Å². The van der Waals surface area contributed by atoms with Crippen molar-refractivity contribution in [3.8, 4) is 11.5 Å². The van der Waals surface area contributed by atoms with Crippen molar-refractivity contribution in [1.82, 2.24) is 4.90 Å². The quantitative estimate of drug-likeness (QED) is 0.413. The lowest BCUT2D eigenvalue weighted by Crippen LogP contribution is -2.48. The standard InChI is InChI=1S/C19H28INO3/c1-23-18-9-13-6-8-21-12-14(5-3-4-7-20)17(22)11-16(21)15(13)10-19(18)24-2/h9-10,14,16-17,22H,3-8,11-12H2,1-2H3/t14-,16-,17-/m1/s1. The fraction of sp³-hybridized carbons (Fsp3) is 0.684. The molecule has 0 bridgehead atoms. The fourth-order valence-electron chi connectivity index (χ4n) is 4.20. The number of benzene rings is 1. The Morgan fingerprint density at radius 3 is 2.67 bits per heavy atom. The predicted molar refractivity (Wildman–Crippen MR) is 104 cm³/mol. The van der Waals surface area contributed by atoms with Crippen LogP contribution in [0.4, 0.5) is 0 Å². The van der Waals surface area contributed by atoms with Crippen LogP contribution in [0.1, 0.15) is 42.9 Å². The maximum atomic E-state index is 10.7. The maximum Gasteiger partial charge on any atom is 0.161 e. The maximum absolute atomic E-state index is 10.7. The van der Waals surface area contributed by atoms with Crippen LogP contribution in [-0.2, 0) is 6.42 Å². The monoisotopic (exact) mass is 445 g/mol. The molecule has 134 valence electrons. The summed E-state index contributed by atoms with van der Waals surface area (Å²) in [5.74, 6) is 2.01. The lowest BCUT2D eigenvalue weighted by molar-refractivity contribution is -0.0156. The number of alkyl halides is 1. The van der Waals surface area contributed by atoms with Gasteiger partial charge in [-0.15, -0.1) is 0 Å². The molecule has 0 aromatic heterocycles. The molecule has 0 spiro atoms. The molecular weight excluding hydrogens is 417 g/mol. The predicted octanol–water partition coefficient (Wildman–Crippen LogP) is 3.59. The highest BCUT2D eigenvalue weighted by atomic mass is 127.